The Morgan fingerprint density at radius 3 is 2.71 bits per heavy atom. The maximum absolute atomic E-state index is 6.24. The van der Waals surface area contributed by atoms with E-state index in [4.69, 9.17) is 17.3 Å². The second-order valence-electron chi connectivity index (χ2n) is 4.14. The Morgan fingerprint density at radius 1 is 1.29 bits per heavy atom. The van der Waals surface area contributed by atoms with E-state index in [-0.39, 0.29) is 6.04 Å². The van der Waals surface area contributed by atoms with Crippen LogP contribution in [0.4, 0.5) is 0 Å². The van der Waals surface area contributed by atoms with Gasteiger partial charge in [-0.2, -0.15) is 0 Å². The molecule has 0 amide bonds. The van der Waals surface area contributed by atoms with Crippen molar-refractivity contribution < 1.29 is 0 Å². The van der Waals surface area contributed by atoms with Crippen LogP contribution in [0.3, 0.4) is 0 Å². The molecule has 1 atom stereocenters. The van der Waals surface area contributed by atoms with Gasteiger partial charge in [0.05, 0.1) is 0 Å². The molecule has 1 aromatic carbocycles. The van der Waals surface area contributed by atoms with Gasteiger partial charge < -0.3 is 5.73 Å². The Balaban J connectivity index is 2.46. The zero-order valence-electron chi connectivity index (χ0n) is 8.52. The predicted octanol–water partition coefficient (Wildman–Crippen LogP) is 3.24. The largest absolute Gasteiger partial charge is 0.324 e. The maximum atomic E-state index is 6.24. The van der Waals surface area contributed by atoms with Crippen molar-refractivity contribution in [2.24, 2.45) is 5.73 Å². The lowest BCUT2D eigenvalue weighted by molar-refractivity contribution is 0.681. The van der Waals surface area contributed by atoms with Crippen molar-refractivity contribution in [1.82, 2.24) is 0 Å². The van der Waals surface area contributed by atoms with Crippen LogP contribution in [0.2, 0.25) is 5.02 Å². The highest BCUT2D eigenvalue weighted by molar-refractivity contribution is 6.31. The number of fused-ring (bicyclic) bond motifs is 1. The van der Waals surface area contributed by atoms with Crippen LogP contribution < -0.4 is 5.73 Å². The first kappa shape index (κ1) is 10.0. The van der Waals surface area contributed by atoms with Crippen LogP contribution in [0.1, 0.15) is 42.5 Å². The molecule has 0 radical (unpaired) electrons. The molecule has 1 aromatic rings. The second-order valence-corrected chi connectivity index (χ2v) is 4.54. The number of aryl methyl sites for hydroxylation is 1. The fraction of sp³-hybridized carbons (Fsp3) is 0.500. The summed E-state index contributed by atoms with van der Waals surface area (Å²) in [6, 6.07) is 4.33. The van der Waals surface area contributed by atoms with E-state index in [2.05, 4.69) is 6.07 Å². The molecule has 0 aromatic heterocycles. The Hall–Kier alpha value is -0.530. The molecule has 2 rings (SSSR count). The molecule has 0 bridgehead atoms. The number of hydrogen-bond acceptors (Lipinski definition) is 1. The summed E-state index contributed by atoms with van der Waals surface area (Å²) < 4.78 is 0. The average molecular weight is 210 g/mol. The molecule has 0 saturated carbocycles. The number of benzene rings is 1. The molecule has 0 fully saturated rings. The topological polar surface area (TPSA) is 26.0 Å². The van der Waals surface area contributed by atoms with Crippen LogP contribution in [0.25, 0.3) is 0 Å². The summed E-state index contributed by atoms with van der Waals surface area (Å²) in [7, 11) is 0. The van der Waals surface area contributed by atoms with E-state index in [0.717, 1.165) is 23.4 Å². The first-order valence-electron chi connectivity index (χ1n) is 5.25. The van der Waals surface area contributed by atoms with Gasteiger partial charge in [-0.1, -0.05) is 17.7 Å². The molecule has 14 heavy (non-hydrogen) atoms. The first-order chi connectivity index (χ1) is 6.68. The van der Waals surface area contributed by atoms with Gasteiger partial charge in [0.2, 0.25) is 0 Å². The van der Waals surface area contributed by atoms with E-state index in [1.54, 1.807) is 0 Å². The number of nitrogens with two attached hydrogens (primary N) is 1. The maximum Gasteiger partial charge on any atom is 0.0444 e. The SMILES string of the molecule is CC(N)c1cc(Cl)c2c(c1)CCCC2. The van der Waals surface area contributed by atoms with Gasteiger partial charge in [-0.3, -0.25) is 0 Å². The van der Waals surface area contributed by atoms with Crippen LogP contribution >= 0.6 is 11.6 Å². The summed E-state index contributed by atoms with van der Waals surface area (Å²) in [6.45, 7) is 2.00. The van der Waals surface area contributed by atoms with E-state index >= 15 is 0 Å². The number of rotatable bonds is 1. The molecule has 1 nitrogen and oxygen atoms in total. The van der Waals surface area contributed by atoms with E-state index in [1.807, 2.05) is 13.0 Å². The minimum atomic E-state index is 0.0831. The van der Waals surface area contributed by atoms with Crippen LogP contribution in [-0.2, 0) is 12.8 Å². The van der Waals surface area contributed by atoms with Gasteiger partial charge >= 0.3 is 0 Å². The summed E-state index contributed by atoms with van der Waals surface area (Å²) in [4.78, 5) is 0. The molecule has 0 aliphatic heterocycles. The standard InChI is InChI=1S/C12H16ClN/c1-8(14)10-6-9-4-2-3-5-11(9)12(13)7-10/h6-8H,2-5,14H2,1H3. The van der Waals surface area contributed by atoms with E-state index < -0.39 is 0 Å². The molecule has 0 spiro atoms. The van der Waals surface area contributed by atoms with Gasteiger partial charge in [0.25, 0.3) is 0 Å². The fourth-order valence-electron chi connectivity index (χ4n) is 2.10. The molecular weight excluding hydrogens is 194 g/mol. The van der Waals surface area contributed by atoms with Crippen LogP contribution in [0.15, 0.2) is 12.1 Å². The molecule has 0 heterocycles. The van der Waals surface area contributed by atoms with Crippen LogP contribution in [0.5, 0.6) is 0 Å². The molecule has 2 N–H and O–H groups in total. The summed E-state index contributed by atoms with van der Waals surface area (Å²) >= 11 is 6.24. The van der Waals surface area contributed by atoms with E-state index in [0.29, 0.717) is 0 Å². The van der Waals surface area contributed by atoms with Gasteiger partial charge in [0.15, 0.2) is 0 Å². The molecule has 76 valence electrons. The average Bonchev–Trinajstić information content (AvgIpc) is 2.17. The fourth-order valence-corrected chi connectivity index (χ4v) is 2.44. The smallest absolute Gasteiger partial charge is 0.0444 e. The van der Waals surface area contributed by atoms with Crippen molar-refractivity contribution in [3.8, 4) is 0 Å². The lowest BCUT2D eigenvalue weighted by Gasteiger charge is -2.19. The lowest BCUT2D eigenvalue weighted by Crippen LogP contribution is -2.09. The summed E-state index contributed by atoms with van der Waals surface area (Å²) in [5.41, 5.74) is 9.78. The summed E-state index contributed by atoms with van der Waals surface area (Å²) in [5, 5.41) is 0.912. The van der Waals surface area contributed by atoms with Crippen molar-refractivity contribution in [2.45, 2.75) is 38.6 Å². The highest BCUT2D eigenvalue weighted by atomic mass is 35.5. The lowest BCUT2D eigenvalue weighted by atomic mass is 9.89. The Bertz CT molecular complexity index is 344. The van der Waals surface area contributed by atoms with Crippen molar-refractivity contribution in [2.75, 3.05) is 0 Å². The minimum Gasteiger partial charge on any atom is -0.324 e. The summed E-state index contributed by atoms with van der Waals surface area (Å²) in [6.07, 6.45) is 4.85. The third kappa shape index (κ3) is 1.79. The number of hydrogen-bond donors (Lipinski definition) is 1. The van der Waals surface area contributed by atoms with Gasteiger partial charge in [-0.05, 0) is 55.4 Å². The molecule has 0 saturated heterocycles. The van der Waals surface area contributed by atoms with Gasteiger partial charge in [-0.15, -0.1) is 0 Å². The van der Waals surface area contributed by atoms with E-state index in [1.165, 1.54) is 24.0 Å². The van der Waals surface area contributed by atoms with Crippen molar-refractivity contribution >= 4 is 11.6 Å². The highest BCUT2D eigenvalue weighted by Gasteiger charge is 2.14. The quantitative estimate of drug-likeness (QED) is 0.755. The van der Waals surface area contributed by atoms with Gasteiger partial charge in [0.1, 0.15) is 0 Å². The molecule has 2 heteroatoms. The minimum absolute atomic E-state index is 0.0831. The Labute approximate surface area is 90.3 Å². The zero-order valence-corrected chi connectivity index (χ0v) is 9.27. The Morgan fingerprint density at radius 2 is 2.00 bits per heavy atom. The predicted molar refractivity (Wildman–Crippen MR) is 60.7 cm³/mol. The Kier molecular flexibility index (Phi) is 2.80. The van der Waals surface area contributed by atoms with Crippen molar-refractivity contribution in [1.29, 1.82) is 0 Å². The van der Waals surface area contributed by atoms with Crippen LogP contribution in [0, 0.1) is 0 Å². The zero-order chi connectivity index (χ0) is 10.1. The third-order valence-corrected chi connectivity index (χ3v) is 3.30. The molecule has 1 aliphatic rings. The van der Waals surface area contributed by atoms with Crippen LogP contribution in [-0.4, -0.2) is 0 Å². The first-order valence-corrected chi connectivity index (χ1v) is 5.63. The molecule has 1 unspecified atom stereocenters. The summed E-state index contributed by atoms with van der Waals surface area (Å²) in [5.74, 6) is 0. The second kappa shape index (κ2) is 3.92. The number of halogens is 1. The van der Waals surface area contributed by atoms with E-state index in [9.17, 15) is 0 Å². The molecular formula is C12H16ClN. The van der Waals surface area contributed by atoms with Crippen molar-refractivity contribution in [3.63, 3.8) is 0 Å². The van der Waals surface area contributed by atoms with Gasteiger partial charge in [-0.25, -0.2) is 0 Å². The van der Waals surface area contributed by atoms with Crippen molar-refractivity contribution in [3.05, 3.63) is 33.8 Å². The molecule has 1 aliphatic carbocycles. The monoisotopic (exact) mass is 209 g/mol. The third-order valence-electron chi connectivity index (χ3n) is 2.96. The normalized spacial score (nSPS) is 17.6. The highest BCUT2D eigenvalue weighted by Crippen LogP contribution is 2.30. The van der Waals surface area contributed by atoms with Gasteiger partial charge in [0, 0.05) is 11.1 Å².